The number of methoxy groups -OCH3 is 1. The van der Waals surface area contributed by atoms with Gasteiger partial charge in [0.1, 0.15) is 23.8 Å². The Morgan fingerprint density at radius 2 is 1.83 bits per heavy atom. The Labute approximate surface area is 312 Å². The van der Waals surface area contributed by atoms with Gasteiger partial charge < -0.3 is 19.9 Å². The van der Waals surface area contributed by atoms with Crippen LogP contribution in [-0.4, -0.2) is 91.3 Å². The number of hydrogen-bond donors (Lipinski definition) is 2. The first kappa shape index (κ1) is 35.5. The van der Waals surface area contributed by atoms with Gasteiger partial charge in [0.05, 0.1) is 41.1 Å². The molecule has 0 spiro atoms. The van der Waals surface area contributed by atoms with Crippen molar-refractivity contribution in [1.82, 2.24) is 39.1 Å². The lowest BCUT2D eigenvalue weighted by molar-refractivity contribution is -0.135. The summed E-state index contributed by atoms with van der Waals surface area (Å²) in [5.41, 5.74) is 3.98. The van der Waals surface area contributed by atoms with Crippen LogP contribution in [0.15, 0.2) is 59.9 Å². The number of anilines is 2. The van der Waals surface area contributed by atoms with E-state index in [-0.39, 0.29) is 29.6 Å². The lowest BCUT2D eigenvalue weighted by atomic mass is 9.85. The number of fused-ring (bicyclic) bond motifs is 2. The van der Waals surface area contributed by atoms with Crippen molar-refractivity contribution in [2.45, 2.75) is 69.5 Å². The molecule has 8 rings (SSSR count). The number of amides is 3. The Balaban J connectivity index is 0.868. The summed E-state index contributed by atoms with van der Waals surface area (Å²) in [6.45, 7) is 2.81. The Morgan fingerprint density at radius 1 is 1.04 bits per heavy atom. The van der Waals surface area contributed by atoms with Gasteiger partial charge in [0.2, 0.25) is 11.8 Å². The Hall–Kier alpha value is -5.57. The highest BCUT2D eigenvalue weighted by atomic mass is 16.5. The number of piperidine rings is 2. The third kappa shape index (κ3) is 6.72. The van der Waals surface area contributed by atoms with Gasteiger partial charge in [-0.05, 0) is 82.2 Å². The minimum atomic E-state index is -0.697. The number of benzene rings is 2. The van der Waals surface area contributed by atoms with Gasteiger partial charge in [0.15, 0.2) is 0 Å². The monoisotopic (exact) mass is 734 g/mol. The van der Waals surface area contributed by atoms with Crippen LogP contribution in [0.4, 0.5) is 11.4 Å². The van der Waals surface area contributed by atoms with E-state index in [9.17, 15) is 19.2 Å². The molecule has 1 atom stereocenters. The normalized spacial score (nSPS) is 21.2. The topological polar surface area (TPSA) is 162 Å². The molecule has 15 heteroatoms. The van der Waals surface area contributed by atoms with Crippen molar-refractivity contribution in [1.29, 1.82) is 0 Å². The van der Waals surface area contributed by atoms with E-state index in [0.717, 1.165) is 85.8 Å². The fourth-order valence-corrected chi connectivity index (χ4v) is 8.74. The van der Waals surface area contributed by atoms with E-state index in [4.69, 9.17) is 9.84 Å². The van der Waals surface area contributed by atoms with Crippen LogP contribution in [0.5, 0.6) is 5.75 Å². The number of imide groups is 1. The van der Waals surface area contributed by atoms with E-state index >= 15 is 0 Å². The molecular formula is C39H46N10O5. The number of nitrogens with one attached hydrogen (secondary N) is 2. The fourth-order valence-electron chi connectivity index (χ4n) is 8.74. The molecule has 0 bridgehead atoms. The minimum Gasteiger partial charge on any atom is -0.494 e. The van der Waals surface area contributed by atoms with Crippen molar-refractivity contribution >= 4 is 51.0 Å². The number of para-hydroxylation sites is 1. The summed E-state index contributed by atoms with van der Waals surface area (Å²) >= 11 is 0. The summed E-state index contributed by atoms with van der Waals surface area (Å²) in [5.74, 6) is 0.113. The van der Waals surface area contributed by atoms with Crippen molar-refractivity contribution in [2.24, 2.45) is 13.0 Å². The average molecular weight is 735 g/mol. The van der Waals surface area contributed by atoms with E-state index in [1.165, 1.54) is 12.5 Å². The van der Waals surface area contributed by atoms with E-state index < -0.39 is 11.9 Å². The number of hydrogen-bond acceptors (Lipinski definition) is 10. The SMILES string of the molecule is COc1cc2nn([C@H]3CC[C@H](CN(C)C4CCN(c5cccc6c5n(C)c(=O)n6C5CCC(=O)NC5=O)CC4)CC3)cc2cc1NC(=O)c1ccncn1. The number of nitrogens with zero attached hydrogens (tertiary/aromatic N) is 8. The lowest BCUT2D eigenvalue weighted by Crippen LogP contribution is -2.45. The first-order valence-corrected chi connectivity index (χ1v) is 18.8. The third-order valence-corrected chi connectivity index (χ3v) is 11.7. The fraction of sp³-hybridized carbons (Fsp3) is 0.462. The zero-order chi connectivity index (χ0) is 37.5. The molecule has 1 unspecified atom stereocenters. The minimum absolute atomic E-state index is 0.218. The molecule has 2 aliphatic heterocycles. The smallest absolute Gasteiger partial charge is 0.329 e. The van der Waals surface area contributed by atoms with Gasteiger partial charge in [0, 0.05) is 63.0 Å². The number of aryl methyl sites for hydroxylation is 1. The molecule has 3 aliphatic rings. The maximum absolute atomic E-state index is 13.4. The average Bonchev–Trinajstić information content (AvgIpc) is 3.72. The first-order chi connectivity index (χ1) is 26.2. The largest absolute Gasteiger partial charge is 0.494 e. The standard InChI is InChI=1S/C39H46N10O5/c1-45(26-14-17-47(18-15-26)31-5-4-6-32-36(31)46(2)39(53)49(32)33-11-12-35(50)43-38(33)52)21-24-7-9-27(10-8-24)48-22-25-19-30(34(54-3)20-29(25)44-48)42-37(51)28-13-16-40-23-41-28/h4-6,13,16,19-20,22-24,26-27,33H,7-12,14-15,17-18,21H2,1-3H3,(H,42,51)(H,43,50,52)/t24-,27-,33?. The summed E-state index contributed by atoms with van der Waals surface area (Å²) in [6, 6.07) is 11.4. The van der Waals surface area contributed by atoms with E-state index in [1.54, 1.807) is 29.4 Å². The molecule has 1 saturated carbocycles. The van der Waals surface area contributed by atoms with E-state index in [1.807, 2.05) is 24.3 Å². The van der Waals surface area contributed by atoms with Crippen LogP contribution in [0.1, 0.15) is 73.9 Å². The predicted octanol–water partition coefficient (Wildman–Crippen LogP) is 4.05. The van der Waals surface area contributed by atoms with Crippen LogP contribution in [-0.2, 0) is 16.6 Å². The maximum atomic E-state index is 13.4. The number of carbonyl (C=O) groups excluding carboxylic acids is 3. The summed E-state index contributed by atoms with van der Waals surface area (Å²) in [6.07, 6.45) is 11.9. The highest BCUT2D eigenvalue weighted by Crippen LogP contribution is 2.37. The van der Waals surface area contributed by atoms with Gasteiger partial charge >= 0.3 is 5.69 Å². The highest BCUT2D eigenvalue weighted by Gasteiger charge is 2.33. The van der Waals surface area contributed by atoms with Crippen LogP contribution in [0.2, 0.25) is 0 Å². The van der Waals surface area contributed by atoms with Crippen LogP contribution in [0, 0.1) is 5.92 Å². The second-order valence-corrected chi connectivity index (χ2v) is 14.9. The van der Waals surface area contributed by atoms with Gasteiger partial charge in [-0.3, -0.25) is 33.5 Å². The van der Waals surface area contributed by atoms with E-state index in [2.05, 4.69) is 54.4 Å². The van der Waals surface area contributed by atoms with Crippen molar-refractivity contribution in [3.63, 3.8) is 0 Å². The number of aromatic nitrogens is 6. The molecule has 0 radical (unpaired) electrons. The number of rotatable bonds is 9. The Bertz CT molecular complexity index is 2260. The van der Waals surface area contributed by atoms with Gasteiger partial charge in [-0.1, -0.05) is 6.07 Å². The van der Waals surface area contributed by atoms with Crippen molar-refractivity contribution in [3.8, 4) is 5.75 Å². The zero-order valence-electron chi connectivity index (χ0n) is 30.9. The summed E-state index contributed by atoms with van der Waals surface area (Å²) < 4.78 is 10.9. The Morgan fingerprint density at radius 3 is 2.56 bits per heavy atom. The first-order valence-electron chi connectivity index (χ1n) is 18.8. The Kier molecular flexibility index (Phi) is 9.65. The molecule has 15 nitrogen and oxygen atoms in total. The molecule has 5 aromatic rings. The molecule has 282 valence electrons. The highest BCUT2D eigenvalue weighted by molar-refractivity contribution is 6.05. The number of ether oxygens (including phenoxy) is 1. The van der Waals surface area contributed by atoms with Crippen LogP contribution < -0.4 is 26.0 Å². The van der Waals surface area contributed by atoms with Crippen LogP contribution in [0.25, 0.3) is 21.9 Å². The quantitative estimate of drug-likeness (QED) is 0.212. The molecule has 2 saturated heterocycles. The van der Waals surface area contributed by atoms with Crippen molar-refractivity contribution in [2.75, 3.05) is 44.0 Å². The molecule has 2 N–H and O–H groups in total. The molecule has 5 heterocycles. The molecule has 3 fully saturated rings. The van der Waals surface area contributed by atoms with Gasteiger partial charge in [-0.2, -0.15) is 5.10 Å². The number of imidazole rings is 1. The maximum Gasteiger partial charge on any atom is 0.329 e. The molecule has 3 amide bonds. The van der Waals surface area contributed by atoms with Crippen LogP contribution in [0.3, 0.4) is 0 Å². The zero-order valence-corrected chi connectivity index (χ0v) is 30.9. The van der Waals surface area contributed by atoms with Gasteiger partial charge in [0.25, 0.3) is 5.91 Å². The third-order valence-electron chi connectivity index (χ3n) is 11.7. The lowest BCUT2D eigenvalue weighted by Gasteiger charge is -2.40. The van der Waals surface area contributed by atoms with Crippen molar-refractivity contribution in [3.05, 3.63) is 71.3 Å². The summed E-state index contributed by atoms with van der Waals surface area (Å²) in [4.78, 5) is 63.5. The van der Waals surface area contributed by atoms with Gasteiger partial charge in [-0.25, -0.2) is 14.8 Å². The second-order valence-electron chi connectivity index (χ2n) is 14.9. The summed E-state index contributed by atoms with van der Waals surface area (Å²) in [7, 11) is 5.60. The number of carbonyl (C=O) groups is 3. The van der Waals surface area contributed by atoms with Crippen molar-refractivity contribution < 1.29 is 19.1 Å². The molecule has 54 heavy (non-hydrogen) atoms. The molecule has 1 aliphatic carbocycles. The molecule has 2 aromatic carbocycles. The predicted molar refractivity (Wildman–Crippen MR) is 204 cm³/mol. The summed E-state index contributed by atoms with van der Waals surface area (Å²) in [5, 5.41) is 11.2. The van der Waals surface area contributed by atoms with Gasteiger partial charge in [-0.15, -0.1) is 0 Å². The second kappa shape index (κ2) is 14.7. The molecule has 3 aromatic heterocycles. The molecular weight excluding hydrogens is 688 g/mol. The van der Waals surface area contributed by atoms with E-state index in [0.29, 0.717) is 35.9 Å². The van der Waals surface area contributed by atoms with Crippen LogP contribution >= 0.6 is 0 Å².